The molecule has 1 N–H and O–H groups in total. The van der Waals surface area contributed by atoms with Crippen molar-refractivity contribution in [1.29, 1.82) is 0 Å². The number of aromatic nitrogens is 2. The Morgan fingerprint density at radius 2 is 2.08 bits per heavy atom. The number of amides is 1. The fourth-order valence-corrected chi connectivity index (χ4v) is 3.74. The number of carbonyl (C=O) groups excluding carboxylic acids is 1. The molecule has 1 aliphatic carbocycles. The molecule has 2 aromatic rings. The third kappa shape index (κ3) is 2.78. The number of aliphatic carboxylic acids is 1. The molecule has 1 fully saturated rings. The molecule has 1 aromatic carbocycles. The maximum absolute atomic E-state index is 13.1. The number of rotatable bonds is 3. The highest BCUT2D eigenvalue weighted by molar-refractivity contribution is 5.94. The summed E-state index contributed by atoms with van der Waals surface area (Å²) in [6.45, 7) is 2.69. The van der Waals surface area contributed by atoms with Crippen molar-refractivity contribution in [3.63, 3.8) is 0 Å². The quantitative estimate of drug-likeness (QED) is 0.904. The maximum atomic E-state index is 13.1. The Hall–Kier alpha value is -2.67. The Labute approximate surface area is 151 Å². The molecular weight excluding hydrogens is 334 g/mol. The molecule has 0 spiro atoms. The highest BCUT2D eigenvalue weighted by Crippen LogP contribution is 2.29. The average molecular weight is 355 g/mol. The number of benzene rings is 1. The van der Waals surface area contributed by atoms with Gasteiger partial charge in [-0.1, -0.05) is 18.2 Å². The van der Waals surface area contributed by atoms with Crippen LogP contribution in [-0.2, 0) is 22.4 Å². The second-order valence-electron chi connectivity index (χ2n) is 6.77. The van der Waals surface area contributed by atoms with Gasteiger partial charge in [0.2, 0.25) is 0 Å². The van der Waals surface area contributed by atoms with E-state index in [-0.39, 0.29) is 19.1 Å². The van der Waals surface area contributed by atoms with Gasteiger partial charge in [0.1, 0.15) is 0 Å². The van der Waals surface area contributed by atoms with E-state index in [9.17, 15) is 9.59 Å². The fourth-order valence-electron chi connectivity index (χ4n) is 3.74. The van der Waals surface area contributed by atoms with Gasteiger partial charge in [-0.2, -0.15) is 5.10 Å². The van der Waals surface area contributed by atoms with Crippen molar-refractivity contribution in [2.24, 2.45) is 0 Å². The fraction of sp³-hybridized carbons (Fsp3) is 0.421. The number of aryl methyl sites for hydroxylation is 1. The number of ether oxygens (including phenoxy) is 1. The van der Waals surface area contributed by atoms with Crippen LogP contribution in [0.25, 0.3) is 5.69 Å². The number of para-hydroxylation sites is 1. The Morgan fingerprint density at radius 3 is 2.85 bits per heavy atom. The van der Waals surface area contributed by atoms with Crippen molar-refractivity contribution in [3.05, 3.63) is 46.8 Å². The lowest BCUT2D eigenvalue weighted by Crippen LogP contribution is -2.48. The van der Waals surface area contributed by atoms with Crippen LogP contribution in [0.5, 0.6) is 0 Å². The summed E-state index contributed by atoms with van der Waals surface area (Å²) in [7, 11) is 0. The lowest BCUT2D eigenvalue weighted by Gasteiger charge is -2.30. The SMILES string of the molecule is Cc1ccccc1-n1nc(C(=O)N2CCO[C@H](C(=O)O)C2)c2c1CCC2. The predicted molar refractivity (Wildman–Crippen MR) is 93.6 cm³/mol. The van der Waals surface area contributed by atoms with Crippen LogP contribution >= 0.6 is 0 Å². The molecule has 0 bridgehead atoms. The summed E-state index contributed by atoms with van der Waals surface area (Å²) in [6.07, 6.45) is 1.75. The van der Waals surface area contributed by atoms with Crippen molar-refractivity contribution in [2.45, 2.75) is 32.3 Å². The Morgan fingerprint density at radius 1 is 1.27 bits per heavy atom. The first kappa shape index (κ1) is 16.8. The largest absolute Gasteiger partial charge is 0.479 e. The van der Waals surface area contributed by atoms with Crippen molar-refractivity contribution in [1.82, 2.24) is 14.7 Å². The van der Waals surface area contributed by atoms with Crippen molar-refractivity contribution < 1.29 is 19.4 Å². The van der Waals surface area contributed by atoms with E-state index in [0.29, 0.717) is 12.2 Å². The molecule has 1 saturated heterocycles. The first-order chi connectivity index (χ1) is 12.6. The molecular formula is C19H21N3O4. The van der Waals surface area contributed by atoms with Crippen molar-refractivity contribution in [2.75, 3.05) is 19.7 Å². The number of carbonyl (C=O) groups is 2. The molecule has 2 heterocycles. The molecule has 1 amide bonds. The van der Waals surface area contributed by atoms with E-state index in [1.54, 1.807) is 4.90 Å². The van der Waals surface area contributed by atoms with Gasteiger partial charge in [0, 0.05) is 17.8 Å². The van der Waals surface area contributed by atoms with Crippen LogP contribution in [0, 0.1) is 6.92 Å². The third-order valence-electron chi connectivity index (χ3n) is 5.11. The van der Waals surface area contributed by atoms with Crippen LogP contribution in [0.3, 0.4) is 0 Å². The van der Waals surface area contributed by atoms with Crippen LogP contribution in [0.1, 0.15) is 33.7 Å². The van der Waals surface area contributed by atoms with Crippen molar-refractivity contribution >= 4 is 11.9 Å². The molecule has 1 atom stereocenters. The van der Waals surface area contributed by atoms with Gasteiger partial charge in [-0.25, -0.2) is 9.48 Å². The summed E-state index contributed by atoms with van der Waals surface area (Å²) in [5.74, 6) is -1.25. The zero-order valence-electron chi connectivity index (χ0n) is 14.6. The lowest BCUT2D eigenvalue weighted by atomic mass is 10.1. The summed E-state index contributed by atoms with van der Waals surface area (Å²) < 4.78 is 7.11. The third-order valence-corrected chi connectivity index (χ3v) is 5.11. The molecule has 0 radical (unpaired) electrons. The molecule has 2 aliphatic rings. The lowest BCUT2D eigenvalue weighted by molar-refractivity contribution is -0.154. The number of carboxylic acids is 1. The zero-order valence-corrected chi connectivity index (χ0v) is 14.6. The Balaban J connectivity index is 1.69. The molecule has 7 nitrogen and oxygen atoms in total. The number of carboxylic acid groups (broad SMARTS) is 1. The Kier molecular flexibility index (Phi) is 4.24. The minimum atomic E-state index is -1.04. The van der Waals surface area contributed by atoms with Gasteiger partial charge in [0.05, 0.1) is 18.8 Å². The summed E-state index contributed by atoms with van der Waals surface area (Å²) in [5, 5.41) is 13.8. The van der Waals surface area contributed by atoms with Crippen LogP contribution in [0.4, 0.5) is 0 Å². The topological polar surface area (TPSA) is 84.7 Å². The first-order valence-corrected chi connectivity index (χ1v) is 8.86. The molecule has 4 rings (SSSR count). The van der Waals surface area contributed by atoms with Crippen LogP contribution in [0.15, 0.2) is 24.3 Å². The van der Waals surface area contributed by atoms with E-state index in [1.807, 2.05) is 35.9 Å². The van der Waals surface area contributed by atoms with Crippen molar-refractivity contribution in [3.8, 4) is 5.69 Å². The molecule has 0 saturated carbocycles. The molecule has 1 aliphatic heterocycles. The molecule has 1 aromatic heterocycles. The van der Waals surface area contributed by atoms with Crippen LogP contribution in [0.2, 0.25) is 0 Å². The normalized spacial score (nSPS) is 19.4. The maximum Gasteiger partial charge on any atom is 0.334 e. The smallest absolute Gasteiger partial charge is 0.334 e. The minimum Gasteiger partial charge on any atom is -0.479 e. The monoisotopic (exact) mass is 355 g/mol. The van der Waals surface area contributed by atoms with E-state index in [1.165, 1.54) is 0 Å². The van der Waals surface area contributed by atoms with Gasteiger partial charge in [-0.3, -0.25) is 4.79 Å². The van der Waals surface area contributed by atoms with E-state index >= 15 is 0 Å². The summed E-state index contributed by atoms with van der Waals surface area (Å²) in [5.41, 5.74) is 4.62. The van der Waals surface area contributed by atoms with E-state index in [4.69, 9.17) is 9.84 Å². The average Bonchev–Trinajstić information content (AvgIpc) is 3.24. The minimum absolute atomic E-state index is 0.0557. The van der Waals surface area contributed by atoms with Crippen LogP contribution < -0.4 is 0 Å². The van der Waals surface area contributed by atoms with Gasteiger partial charge in [0.25, 0.3) is 5.91 Å². The highest BCUT2D eigenvalue weighted by Gasteiger charge is 2.34. The molecule has 7 heteroatoms. The second-order valence-corrected chi connectivity index (χ2v) is 6.77. The number of nitrogens with zero attached hydrogens (tertiary/aromatic N) is 3. The molecule has 136 valence electrons. The standard InChI is InChI=1S/C19H21N3O4/c1-12-5-2-3-7-14(12)22-15-8-4-6-13(15)17(20-22)18(23)21-9-10-26-16(11-21)19(24)25/h2-3,5,7,16H,4,6,8-11H2,1H3,(H,24,25)/t16-/m0/s1. The number of hydrogen-bond acceptors (Lipinski definition) is 4. The predicted octanol–water partition coefficient (Wildman–Crippen LogP) is 1.60. The van der Waals surface area contributed by atoms with Gasteiger partial charge in [-0.15, -0.1) is 0 Å². The summed E-state index contributed by atoms with van der Waals surface area (Å²) >= 11 is 0. The first-order valence-electron chi connectivity index (χ1n) is 8.86. The van der Waals surface area contributed by atoms with Crippen LogP contribution in [-0.4, -0.2) is 57.5 Å². The molecule has 26 heavy (non-hydrogen) atoms. The van der Waals surface area contributed by atoms with Gasteiger partial charge in [-0.05, 0) is 37.8 Å². The number of fused-ring (bicyclic) bond motifs is 1. The second kappa shape index (κ2) is 6.57. The highest BCUT2D eigenvalue weighted by atomic mass is 16.5. The van der Waals surface area contributed by atoms with E-state index in [0.717, 1.165) is 41.8 Å². The van der Waals surface area contributed by atoms with E-state index < -0.39 is 12.1 Å². The number of hydrogen-bond donors (Lipinski definition) is 1. The Bertz CT molecular complexity index is 874. The van der Waals surface area contributed by atoms with Gasteiger partial charge in [0.15, 0.2) is 11.8 Å². The van der Waals surface area contributed by atoms with Gasteiger partial charge < -0.3 is 14.7 Å². The molecule has 0 unspecified atom stereocenters. The summed E-state index contributed by atoms with van der Waals surface area (Å²) in [4.78, 5) is 25.8. The number of morpholine rings is 1. The van der Waals surface area contributed by atoms with E-state index in [2.05, 4.69) is 5.10 Å². The zero-order chi connectivity index (χ0) is 18.3. The van der Waals surface area contributed by atoms with Gasteiger partial charge >= 0.3 is 5.97 Å². The summed E-state index contributed by atoms with van der Waals surface area (Å²) in [6, 6.07) is 7.98.